The molecule has 6 nitrogen and oxygen atoms in total. The van der Waals surface area contributed by atoms with Crippen LogP contribution in [0.5, 0.6) is 5.75 Å². The molecule has 0 atom stereocenters. The molecule has 7 heteroatoms. The van der Waals surface area contributed by atoms with Gasteiger partial charge in [0.1, 0.15) is 5.75 Å². The van der Waals surface area contributed by atoms with Gasteiger partial charge in [0, 0.05) is 5.38 Å². The summed E-state index contributed by atoms with van der Waals surface area (Å²) in [6.45, 7) is 4.75. The molecule has 0 aliphatic carbocycles. The maximum Gasteiger partial charge on any atom is 0.311 e. The molecule has 2 rings (SSSR count). The summed E-state index contributed by atoms with van der Waals surface area (Å²) in [4.78, 5) is 15.7. The van der Waals surface area contributed by atoms with Gasteiger partial charge in [-0.25, -0.2) is 4.98 Å². The minimum Gasteiger partial charge on any atom is -0.494 e. The number of hydrogen-bond acceptors (Lipinski definition) is 7. The van der Waals surface area contributed by atoms with Crippen molar-refractivity contribution in [3.63, 3.8) is 0 Å². The van der Waals surface area contributed by atoms with Gasteiger partial charge in [-0.2, -0.15) is 5.10 Å². The van der Waals surface area contributed by atoms with Gasteiger partial charge in [0.2, 0.25) is 5.13 Å². The van der Waals surface area contributed by atoms with E-state index in [1.54, 1.807) is 13.1 Å². The molecule has 0 aliphatic heterocycles. The Morgan fingerprint density at radius 1 is 1.30 bits per heavy atom. The first-order valence-corrected chi connectivity index (χ1v) is 8.21. The number of ether oxygens (including phenoxy) is 2. The number of benzene rings is 1. The van der Waals surface area contributed by atoms with Gasteiger partial charge in [0.15, 0.2) is 0 Å². The van der Waals surface area contributed by atoms with Gasteiger partial charge in [-0.1, -0.05) is 0 Å². The molecule has 0 aliphatic rings. The van der Waals surface area contributed by atoms with E-state index in [1.807, 2.05) is 36.6 Å². The Morgan fingerprint density at radius 3 is 2.78 bits per heavy atom. The number of nitrogens with one attached hydrogen (secondary N) is 1. The van der Waals surface area contributed by atoms with E-state index in [-0.39, 0.29) is 12.4 Å². The lowest BCUT2D eigenvalue weighted by molar-refractivity contribution is -0.142. The number of nitrogens with zero attached hydrogens (tertiary/aromatic N) is 2. The second-order valence-corrected chi connectivity index (χ2v) is 5.36. The number of anilines is 1. The van der Waals surface area contributed by atoms with Crippen molar-refractivity contribution >= 4 is 28.7 Å². The number of aromatic nitrogens is 1. The summed E-state index contributed by atoms with van der Waals surface area (Å²) < 4.78 is 10.3. The lowest BCUT2D eigenvalue weighted by atomic mass is 10.2. The zero-order chi connectivity index (χ0) is 16.5. The number of esters is 1. The quantitative estimate of drug-likeness (QED) is 0.456. The predicted molar refractivity (Wildman–Crippen MR) is 91.3 cm³/mol. The van der Waals surface area contributed by atoms with Gasteiger partial charge in [-0.15, -0.1) is 11.3 Å². The lowest BCUT2D eigenvalue weighted by Gasteiger charge is -2.02. The Morgan fingerprint density at radius 2 is 2.09 bits per heavy atom. The van der Waals surface area contributed by atoms with E-state index in [4.69, 9.17) is 9.47 Å². The van der Waals surface area contributed by atoms with Crippen LogP contribution in [0.25, 0.3) is 0 Å². The van der Waals surface area contributed by atoms with Crippen LogP contribution in [0.1, 0.15) is 25.1 Å². The highest BCUT2D eigenvalue weighted by molar-refractivity contribution is 7.13. The van der Waals surface area contributed by atoms with Crippen LogP contribution in [0.2, 0.25) is 0 Å². The van der Waals surface area contributed by atoms with Crippen LogP contribution in [0.15, 0.2) is 34.7 Å². The van der Waals surface area contributed by atoms with E-state index in [1.165, 1.54) is 11.3 Å². The Hall–Kier alpha value is -2.41. The van der Waals surface area contributed by atoms with E-state index in [2.05, 4.69) is 15.5 Å². The molecule has 0 spiro atoms. The number of carbonyl (C=O) groups is 1. The fourth-order valence-corrected chi connectivity index (χ4v) is 2.44. The minimum absolute atomic E-state index is 0.175. The highest BCUT2D eigenvalue weighted by Crippen LogP contribution is 2.16. The Bertz CT molecular complexity index is 653. The van der Waals surface area contributed by atoms with Crippen LogP contribution in [0, 0.1) is 0 Å². The zero-order valence-electron chi connectivity index (χ0n) is 13.1. The van der Waals surface area contributed by atoms with Gasteiger partial charge < -0.3 is 9.47 Å². The molecule has 23 heavy (non-hydrogen) atoms. The van der Waals surface area contributed by atoms with Gasteiger partial charge in [-0.05, 0) is 43.7 Å². The minimum atomic E-state index is -0.276. The number of rotatable bonds is 8. The SMILES string of the molecule is CCOC(=O)Cc1csc(NN=Cc2ccc(OCC)cc2)n1. The molecule has 0 fully saturated rings. The average molecular weight is 333 g/mol. The second-order valence-electron chi connectivity index (χ2n) is 4.50. The summed E-state index contributed by atoms with van der Waals surface area (Å²) in [6, 6.07) is 7.63. The van der Waals surface area contributed by atoms with E-state index >= 15 is 0 Å². The van der Waals surface area contributed by atoms with Crippen LogP contribution >= 0.6 is 11.3 Å². The lowest BCUT2D eigenvalue weighted by Crippen LogP contribution is -2.07. The molecule has 0 amide bonds. The highest BCUT2D eigenvalue weighted by atomic mass is 32.1. The molecular weight excluding hydrogens is 314 g/mol. The maximum absolute atomic E-state index is 11.4. The first-order chi connectivity index (χ1) is 11.2. The molecule has 1 heterocycles. The largest absolute Gasteiger partial charge is 0.494 e. The molecule has 0 saturated carbocycles. The van der Waals surface area contributed by atoms with Crippen LogP contribution in [-0.4, -0.2) is 30.4 Å². The van der Waals surface area contributed by atoms with Crippen LogP contribution < -0.4 is 10.2 Å². The molecule has 122 valence electrons. The maximum atomic E-state index is 11.4. The van der Waals surface area contributed by atoms with Gasteiger partial charge >= 0.3 is 5.97 Å². The van der Waals surface area contributed by atoms with Crippen molar-refractivity contribution < 1.29 is 14.3 Å². The first kappa shape index (κ1) is 17.0. The Labute approximate surface area is 139 Å². The van der Waals surface area contributed by atoms with E-state index in [9.17, 15) is 4.79 Å². The summed E-state index contributed by atoms with van der Waals surface area (Å²) in [5.74, 6) is 0.559. The number of hydrogen-bond donors (Lipinski definition) is 1. The summed E-state index contributed by atoms with van der Waals surface area (Å²) in [5.41, 5.74) is 4.47. The third kappa shape index (κ3) is 5.71. The van der Waals surface area contributed by atoms with E-state index in [0.29, 0.717) is 24.0 Å². The topological polar surface area (TPSA) is 72.8 Å². The first-order valence-electron chi connectivity index (χ1n) is 7.33. The molecular formula is C16H19N3O3S. The number of thiazole rings is 1. The molecule has 1 aromatic heterocycles. The van der Waals surface area contributed by atoms with Crippen molar-refractivity contribution in [2.45, 2.75) is 20.3 Å². The smallest absolute Gasteiger partial charge is 0.311 e. The number of hydrazone groups is 1. The fourth-order valence-electron chi connectivity index (χ4n) is 1.78. The van der Waals surface area contributed by atoms with Crippen molar-refractivity contribution in [2.24, 2.45) is 5.10 Å². The second kappa shape index (κ2) is 8.89. The molecule has 1 aromatic carbocycles. The van der Waals surface area contributed by atoms with Gasteiger partial charge in [-0.3, -0.25) is 10.2 Å². The summed E-state index contributed by atoms with van der Waals surface area (Å²) >= 11 is 1.39. The van der Waals surface area contributed by atoms with Crippen LogP contribution in [0.4, 0.5) is 5.13 Å². The molecule has 0 saturated heterocycles. The van der Waals surface area contributed by atoms with Crippen molar-refractivity contribution in [1.82, 2.24) is 4.98 Å². The summed E-state index contributed by atoms with van der Waals surface area (Å²) in [7, 11) is 0. The standard InChI is InChI=1S/C16H19N3O3S/c1-3-21-14-7-5-12(6-8-14)10-17-19-16-18-13(11-23-16)9-15(20)22-4-2/h5-8,10-11H,3-4,9H2,1-2H3,(H,18,19). The highest BCUT2D eigenvalue weighted by Gasteiger charge is 2.07. The number of carbonyl (C=O) groups excluding carboxylic acids is 1. The zero-order valence-corrected chi connectivity index (χ0v) is 13.9. The molecule has 0 unspecified atom stereocenters. The molecule has 0 radical (unpaired) electrons. The summed E-state index contributed by atoms with van der Waals surface area (Å²) in [6.07, 6.45) is 1.87. The van der Waals surface area contributed by atoms with Crippen LogP contribution in [-0.2, 0) is 16.0 Å². The van der Waals surface area contributed by atoms with Crippen LogP contribution in [0.3, 0.4) is 0 Å². The fraction of sp³-hybridized carbons (Fsp3) is 0.312. The Balaban J connectivity index is 1.85. The van der Waals surface area contributed by atoms with Gasteiger partial charge in [0.25, 0.3) is 0 Å². The van der Waals surface area contributed by atoms with Crippen molar-refractivity contribution in [1.29, 1.82) is 0 Å². The van der Waals surface area contributed by atoms with Gasteiger partial charge in [0.05, 0.1) is 31.5 Å². The van der Waals surface area contributed by atoms with E-state index < -0.39 is 0 Å². The third-order valence-electron chi connectivity index (χ3n) is 2.75. The molecule has 1 N–H and O–H groups in total. The van der Waals surface area contributed by atoms with Crippen molar-refractivity contribution in [3.05, 3.63) is 40.9 Å². The summed E-state index contributed by atoms with van der Waals surface area (Å²) in [5, 5.41) is 6.57. The van der Waals surface area contributed by atoms with Crippen molar-refractivity contribution in [2.75, 3.05) is 18.6 Å². The van der Waals surface area contributed by atoms with Crippen molar-refractivity contribution in [3.8, 4) is 5.75 Å². The molecule has 0 bridgehead atoms. The third-order valence-corrected chi connectivity index (χ3v) is 3.54. The average Bonchev–Trinajstić information content (AvgIpc) is 2.97. The normalized spacial score (nSPS) is 10.7. The predicted octanol–water partition coefficient (Wildman–Crippen LogP) is 3.09. The Kier molecular flexibility index (Phi) is 6.56. The molecule has 2 aromatic rings. The monoisotopic (exact) mass is 333 g/mol. The van der Waals surface area contributed by atoms with E-state index in [0.717, 1.165) is 11.3 Å².